The molecule has 2 heterocycles. The normalized spacial score (nSPS) is 15.6. The molecule has 0 unspecified atom stereocenters. The van der Waals surface area contributed by atoms with E-state index in [9.17, 15) is 9.59 Å². The number of carbonyl (C=O) groups excluding carboxylic acids is 2. The molecule has 1 saturated heterocycles. The molecule has 98 valence electrons. The molecule has 2 amide bonds. The van der Waals surface area contributed by atoms with E-state index in [2.05, 4.69) is 5.32 Å². The van der Waals surface area contributed by atoms with E-state index in [0.29, 0.717) is 18.8 Å². The van der Waals surface area contributed by atoms with Crippen molar-refractivity contribution in [3.8, 4) is 0 Å². The van der Waals surface area contributed by atoms with Gasteiger partial charge >= 0.3 is 0 Å². The van der Waals surface area contributed by atoms with Gasteiger partial charge in [0.15, 0.2) is 0 Å². The molecule has 7 heteroatoms. The molecule has 18 heavy (non-hydrogen) atoms. The number of carbonyl (C=O) groups is 2. The zero-order valence-electron chi connectivity index (χ0n) is 9.65. The number of halogens is 1. The minimum Gasteiger partial charge on any atom is -0.353 e. The van der Waals surface area contributed by atoms with Gasteiger partial charge in [0.2, 0.25) is 11.8 Å². The molecular weight excluding hydrogens is 292 g/mol. The summed E-state index contributed by atoms with van der Waals surface area (Å²) in [6.07, 6.45) is 0. The summed E-state index contributed by atoms with van der Waals surface area (Å²) in [7, 11) is 0. The van der Waals surface area contributed by atoms with Crippen LogP contribution in [0.2, 0.25) is 4.34 Å². The zero-order valence-corrected chi connectivity index (χ0v) is 12.0. The molecular formula is C11H13ClN2O2S2. The first kappa shape index (κ1) is 13.7. The predicted molar refractivity (Wildman–Crippen MR) is 75.1 cm³/mol. The van der Waals surface area contributed by atoms with Gasteiger partial charge in [0.1, 0.15) is 0 Å². The summed E-state index contributed by atoms with van der Waals surface area (Å²) in [4.78, 5) is 25.8. The molecule has 0 aliphatic carbocycles. The number of hydrogen-bond acceptors (Lipinski definition) is 4. The van der Waals surface area contributed by atoms with Gasteiger partial charge in [-0.15, -0.1) is 23.1 Å². The maximum absolute atomic E-state index is 11.8. The van der Waals surface area contributed by atoms with Gasteiger partial charge in [-0.3, -0.25) is 9.59 Å². The van der Waals surface area contributed by atoms with Crippen LogP contribution in [0, 0.1) is 0 Å². The molecule has 1 fully saturated rings. The third-order valence-electron chi connectivity index (χ3n) is 2.49. The second kappa shape index (κ2) is 6.45. The monoisotopic (exact) mass is 304 g/mol. The number of amides is 2. The van der Waals surface area contributed by atoms with Crippen LogP contribution in [0.25, 0.3) is 0 Å². The highest BCUT2D eigenvalue weighted by molar-refractivity contribution is 7.99. The molecule has 0 bridgehead atoms. The minimum atomic E-state index is -0.0790. The second-order valence-corrected chi connectivity index (χ2v) is 6.65. The number of rotatable bonds is 4. The van der Waals surface area contributed by atoms with Crippen LogP contribution in [-0.2, 0) is 15.3 Å². The number of nitrogens with one attached hydrogen (secondary N) is 1. The Hall–Kier alpha value is -0.720. The molecule has 0 aromatic carbocycles. The number of hydrogen-bond donors (Lipinski definition) is 1. The Balaban J connectivity index is 1.73. The van der Waals surface area contributed by atoms with Gasteiger partial charge in [0.25, 0.3) is 0 Å². The van der Waals surface area contributed by atoms with Crippen molar-refractivity contribution in [1.29, 1.82) is 0 Å². The van der Waals surface area contributed by atoms with E-state index < -0.39 is 0 Å². The fourth-order valence-corrected chi connectivity index (χ4v) is 3.74. The Labute approximate surface area is 119 Å². The molecule has 1 aromatic rings. The molecule has 0 saturated carbocycles. The summed E-state index contributed by atoms with van der Waals surface area (Å²) < 4.78 is 0.768. The maximum atomic E-state index is 11.8. The van der Waals surface area contributed by atoms with Crippen LogP contribution in [0.15, 0.2) is 12.1 Å². The lowest BCUT2D eigenvalue weighted by Gasteiger charge is -2.26. The highest BCUT2D eigenvalue weighted by Crippen LogP contribution is 2.25. The number of nitrogens with zero attached hydrogens (tertiary/aromatic N) is 1. The number of thioether (sulfide) groups is 1. The summed E-state index contributed by atoms with van der Waals surface area (Å²) >= 11 is 8.91. The lowest BCUT2D eigenvalue weighted by atomic mass is 10.3. The summed E-state index contributed by atoms with van der Waals surface area (Å²) in [5.74, 6) is 1.13. The molecule has 2 rings (SSSR count). The standard InChI is InChI=1S/C11H13ClN2O2S2/c12-9-2-1-8(18-9)6-17-7-11(16)14-4-3-13-10(15)5-14/h1-2H,3-7H2,(H,13,15). The Morgan fingerprint density at radius 2 is 2.39 bits per heavy atom. The third kappa shape index (κ3) is 3.90. The fourth-order valence-electron chi connectivity index (χ4n) is 1.61. The van der Waals surface area contributed by atoms with E-state index in [4.69, 9.17) is 11.6 Å². The lowest BCUT2D eigenvalue weighted by molar-refractivity contribution is -0.136. The van der Waals surface area contributed by atoms with E-state index in [-0.39, 0.29) is 18.4 Å². The molecule has 1 aromatic heterocycles. The average Bonchev–Trinajstić information content (AvgIpc) is 2.75. The largest absolute Gasteiger partial charge is 0.353 e. The van der Waals surface area contributed by atoms with Gasteiger partial charge in [-0.05, 0) is 12.1 Å². The van der Waals surface area contributed by atoms with Crippen molar-refractivity contribution in [2.45, 2.75) is 5.75 Å². The predicted octanol–water partition coefficient (Wildman–Crippen LogP) is 1.59. The van der Waals surface area contributed by atoms with Gasteiger partial charge < -0.3 is 10.2 Å². The van der Waals surface area contributed by atoms with E-state index in [1.807, 2.05) is 12.1 Å². The smallest absolute Gasteiger partial charge is 0.239 e. The van der Waals surface area contributed by atoms with Crippen LogP contribution in [-0.4, -0.2) is 42.1 Å². The topological polar surface area (TPSA) is 49.4 Å². The third-order valence-corrected chi connectivity index (χ3v) is 4.87. The van der Waals surface area contributed by atoms with Crippen LogP contribution in [0.3, 0.4) is 0 Å². The summed E-state index contributed by atoms with van der Waals surface area (Å²) in [6.45, 7) is 1.34. The number of thiophene rings is 1. The summed E-state index contributed by atoms with van der Waals surface area (Å²) in [5.41, 5.74) is 0. The van der Waals surface area contributed by atoms with Crippen molar-refractivity contribution < 1.29 is 9.59 Å². The van der Waals surface area contributed by atoms with Crippen LogP contribution >= 0.6 is 34.7 Å². The Morgan fingerprint density at radius 1 is 1.56 bits per heavy atom. The van der Waals surface area contributed by atoms with Gasteiger partial charge in [-0.2, -0.15) is 0 Å². The number of piperazine rings is 1. The Bertz CT molecular complexity index is 450. The molecule has 0 atom stereocenters. The zero-order chi connectivity index (χ0) is 13.0. The first-order chi connectivity index (χ1) is 8.65. The van der Waals surface area contributed by atoms with Gasteiger partial charge in [0, 0.05) is 23.7 Å². The summed E-state index contributed by atoms with van der Waals surface area (Å²) in [5, 5.41) is 2.70. The van der Waals surface area contributed by atoms with E-state index in [1.165, 1.54) is 11.3 Å². The first-order valence-electron chi connectivity index (χ1n) is 5.51. The van der Waals surface area contributed by atoms with Crippen molar-refractivity contribution >= 4 is 46.5 Å². The SMILES string of the molecule is O=C1CN(C(=O)CSCc2ccc(Cl)s2)CCN1. The van der Waals surface area contributed by atoms with Gasteiger partial charge in [-0.25, -0.2) is 0 Å². The van der Waals surface area contributed by atoms with Crippen LogP contribution in [0.4, 0.5) is 0 Å². The van der Waals surface area contributed by atoms with E-state index >= 15 is 0 Å². The van der Waals surface area contributed by atoms with Crippen LogP contribution < -0.4 is 5.32 Å². The Morgan fingerprint density at radius 3 is 3.06 bits per heavy atom. The molecule has 1 N–H and O–H groups in total. The molecule has 1 aliphatic rings. The molecule has 0 spiro atoms. The van der Waals surface area contributed by atoms with Crippen LogP contribution in [0.5, 0.6) is 0 Å². The minimum absolute atomic E-state index is 0.0255. The molecule has 1 aliphatic heterocycles. The van der Waals surface area contributed by atoms with E-state index in [1.54, 1.807) is 16.7 Å². The molecule has 4 nitrogen and oxygen atoms in total. The van der Waals surface area contributed by atoms with Crippen molar-refractivity contribution in [3.63, 3.8) is 0 Å². The highest BCUT2D eigenvalue weighted by Gasteiger charge is 2.20. The quantitative estimate of drug-likeness (QED) is 0.919. The maximum Gasteiger partial charge on any atom is 0.239 e. The van der Waals surface area contributed by atoms with Crippen molar-refractivity contribution in [3.05, 3.63) is 21.3 Å². The highest BCUT2D eigenvalue weighted by atomic mass is 35.5. The van der Waals surface area contributed by atoms with Gasteiger partial charge in [-0.1, -0.05) is 11.6 Å². The Kier molecular flexibility index (Phi) is 4.91. The van der Waals surface area contributed by atoms with E-state index in [0.717, 1.165) is 15.0 Å². The van der Waals surface area contributed by atoms with Gasteiger partial charge in [0.05, 0.1) is 16.6 Å². The van der Waals surface area contributed by atoms with Crippen molar-refractivity contribution in [2.75, 3.05) is 25.4 Å². The molecule has 0 radical (unpaired) electrons. The first-order valence-corrected chi connectivity index (χ1v) is 7.86. The van der Waals surface area contributed by atoms with Crippen LogP contribution in [0.1, 0.15) is 4.88 Å². The summed E-state index contributed by atoms with van der Waals surface area (Å²) in [6, 6.07) is 3.83. The van der Waals surface area contributed by atoms with Crippen molar-refractivity contribution in [1.82, 2.24) is 10.2 Å². The average molecular weight is 305 g/mol. The lowest BCUT2D eigenvalue weighted by Crippen LogP contribution is -2.50. The second-order valence-electron chi connectivity index (χ2n) is 3.86. The van der Waals surface area contributed by atoms with Crippen molar-refractivity contribution in [2.24, 2.45) is 0 Å². The fraction of sp³-hybridized carbons (Fsp3) is 0.455.